The quantitative estimate of drug-likeness (QED) is 0.321. The van der Waals surface area contributed by atoms with E-state index in [4.69, 9.17) is 5.10 Å². The lowest BCUT2D eigenvalue weighted by Crippen LogP contribution is -2.22. The molecule has 1 unspecified atom stereocenters. The molecule has 0 aromatic heterocycles. The van der Waals surface area contributed by atoms with Crippen molar-refractivity contribution in [3.63, 3.8) is 0 Å². The lowest BCUT2D eigenvalue weighted by molar-refractivity contribution is -0.384. The van der Waals surface area contributed by atoms with Gasteiger partial charge in [-0.05, 0) is 69.5 Å². The highest BCUT2D eigenvalue weighted by Crippen LogP contribution is 2.44. The molecule has 1 N–H and O–H groups in total. The number of aromatic hydroxyl groups is 1. The smallest absolute Gasteiger partial charge is 0.269 e. The fourth-order valence-electron chi connectivity index (χ4n) is 4.53. The van der Waals surface area contributed by atoms with Crippen molar-refractivity contribution < 1.29 is 10.0 Å². The van der Waals surface area contributed by atoms with Gasteiger partial charge in [0, 0.05) is 18.6 Å². The monoisotopic (exact) mass is 471 g/mol. The van der Waals surface area contributed by atoms with Crippen LogP contribution in [0.3, 0.4) is 0 Å². The van der Waals surface area contributed by atoms with Crippen molar-refractivity contribution in [3.05, 3.63) is 99.1 Å². The Morgan fingerprint density at radius 3 is 1.94 bits per heavy atom. The lowest BCUT2D eigenvalue weighted by atomic mass is 9.77. The van der Waals surface area contributed by atoms with E-state index in [-0.39, 0.29) is 22.6 Å². The fraction of sp³-hybridized carbons (Fsp3) is 0.345. The summed E-state index contributed by atoms with van der Waals surface area (Å²) in [6.07, 6.45) is 0.643. The number of nitro groups is 1. The van der Waals surface area contributed by atoms with Crippen molar-refractivity contribution in [2.24, 2.45) is 5.10 Å². The normalized spacial score (nSPS) is 16.3. The van der Waals surface area contributed by atoms with Gasteiger partial charge < -0.3 is 5.11 Å². The van der Waals surface area contributed by atoms with E-state index in [2.05, 4.69) is 53.7 Å². The number of phenols is 1. The van der Waals surface area contributed by atoms with Gasteiger partial charge in [0.15, 0.2) is 0 Å². The third-order valence-electron chi connectivity index (χ3n) is 6.48. The Labute approximate surface area is 207 Å². The van der Waals surface area contributed by atoms with E-state index in [9.17, 15) is 15.2 Å². The van der Waals surface area contributed by atoms with E-state index in [1.807, 2.05) is 35.3 Å². The van der Waals surface area contributed by atoms with E-state index in [0.717, 1.165) is 33.7 Å². The molecular formula is C29H33N3O3. The minimum absolute atomic E-state index is 0.0620. The molecule has 3 aromatic rings. The molecule has 0 radical (unpaired) electrons. The third kappa shape index (κ3) is 4.92. The molecule has 1 heterocycles. The second-order valence-corrected chi connectivity index (χ2v) is 11.2. The predicted molar refractivity (Wildman–Crippen MR) is 141 cm³/mol. The van der Waals surface area contributed by atoms with Crippen LogP contribution in [0.25, 0.3) is 0 Å². The molecule has 35 heavy (non-hydrogen) atoms. The average molecular weight is 472 g/mol. The Morgan fingerprint density at radius 1 is 0.914 bits per heavy atom. The van der Waals surface area contributed by atoms with E-state index in [1.165, 1.54) is 12.1 Å². The van der Waals surface area contributed by atoms with Crippen molar-refractivity contribution in [3.8, 4) is 5.75 Å². The standard InChI is InChI=1S/C29H33N3O3/c1-28(2,3)23-16-20(17-24(27(23)33)29(4,5)6)26-18-25(19-12-14-22(15-13-19)32(34)35)30-31(26)21-10-8-7-9-11-21/h7-17,26,33H,18H2,1-6H3. The Balaban J connectivity index is 1.84. The SMILES string of the molecule is CC(C)(C)c1cc(C2CC(c3ccc([N+](=O)[O-])cc3)=NN2c2ccccc2)cc(C(C)(C)C)c1O. The first kappa shape index (κ1) is 24.5. The van der Waals surface area contributed by atoms with E-state index >= 15 is 0 Å². The van der Waals surface area contributed by atoms with Crippen LogP contribution in [0.5, 0.6) is 5.75 Å². The Morgan fingerprint density at radius 2 is 1.46 bits per heavy atom. The molecule has 0 saturated carbocycles. The number of rotatable bonds is 4. The number of non-ortho nitro benzene ring substituents is 1. The second kappa shape index (κ2) is 8.84. The number of phenolic OH excluding ortho intramolecular Hbond substituents is 1. The van der Waals surface area contributed by atoms with Gasteiger partial charge in [-0.3, -0.25) is 15.1 Å². The molecule has 1 atom stereocenters. The van der Waals surface area contributed by atoms with Crippen molar-refractivity contribution in [2.45, 2.75) is 64.8 Å². The zero-order chi connectivity index (χ0) is 25.5. The maximum Gasteiger partial charge on any atom is 0.269 e. The zero-order valence-electron chi connectivity index (χ0n) is 21.2. The van der Waals surface area contributed by atoms with Gasteiger partial charge in [0.2, 0.25) is 0 Å². The van der Waals surface area contributed by atoms with E-state index < -0.39 is 4.92 Å². The second-order valence-electron chi connectivity index (χ2n) is 11.2. The number of nitro benzene ring substituents is 1. The molecule has 0 aliphatic carbocycles. The number of anilines is 1. The number of hydrogen-bond donors (Lipinski definition) is 1. The van der Waals surface area contributed by atoms with E-state index in [0.29, 0.717) is 12.2 Å². The number of nitrogens with zero attached hydrogens (tertiary/aromatic N) is 3. The van der Waals surface area contributed by atoms with Gasteiger partial charge in [-0.15, -0.1) is 0 Å². The summed E-state index contributed by atoms with van der Waals surface area (Å²) in [6.45, 7) is 12.7. The number of benzene rings is 3. The molecule has 6 heteroatoms. The zero-order valence-corrected chi connectivity index (χ0v) is 21.2. The molecule has 3 aromatic carbocycles. The molecule has 4 rings (SSSR count). The van der Waals surface area contributed by atoms with Crippen LogP contribution in [0.4, 0.5) is 11.4 Å². The van der Waals surface area contributed by atoms with E-state index in [1.54, 1.807) is 12.1 Å². The van der Waals surface area contributed by atoms with Gasteiger partial charge in [0.25, 0.3) is 5.69 Å². The summed E-state index contributed by atoms with van der Waals surface area (Å²) in [5, 5.41) is 29.3. The topological polar surface area (TPSA) is 79.0 Å². The Kier molecular flexibility index (Phi) is 6.18. The summed E-state index contributed by atoms with van der Waals surface area (Å²) < 4.78 is 0. The first-order chi connectivity index (χ1) is 16.4. The number of hydrogen-bond acceptors (Lipinski definition) is 5. The molecule has 0 fully saturated rings. The highest BCUT2D eigenvalue weighted by molar-refractivity contribution is 6.03. The highest BCUT2D eigenvalue weighted by atomic mass is 16.6. The Hall–Kier alpha value is -3.67. The van der Waals surface area contributed by atoms with Crippen LogP contribution >= 0.6 is 0 Å². The number of hydrazone groups is 1. The summed E-state index contributed by atoms with van der Waals surface area (Å²) in [7, 11) is 0. The lowest BCUT2D eigenvalue weighted by Gasteiger charge is -2.31. The van der Waals surface area contributed by atoms with Crippen molar-refractivity contribution in [1.82, 2.24) is 0 Å². The highest BCUT2D eigenvalue weighted by Gasteiger charge is 2.34. The summed E-state index contributed by atoms with van der Waals surface area (Å²) in [6, 6.07) is 20.7. The fourth-order valence-corrected chi connectivity index (χ4v) is 4.53. The molecule has 1 aliphatic rings. The van der Waals surface area contributed by atoms with Crippen LogP contribution in [0.1, 0.15) is 76.3 Å². The van der Waals surface area contributed by atoms with Crippen molar-refractivity contribution >= 4 is 17.1 Å². The summed E-state index contributed by atoms with van der Waals surface area (Å²) in [5.74, 6) is 0.356. The minimum atomic E-state index is -0.391. The van der Waals surface area contributed by atoms with Gasteiger partial charge in [-0.2, -0.15) is 5.10 Å². The minimum Gasteiger partial charge on any atom is -0.507 e. The molecule has 1 aliphatic heterocycles. The van der Waals surface area contributed by atoms with Crippen molar-refractivity contribution in [2.75, 3.05) is 5.01 Å². The maximum atomic E-state index is 11.2. The van der Waals surface area contributed by atoms with Crippen LogP contribution in [0.2, 0.25) is 0 Å². The summed E-state index contributed by atoms with van der Waals surface area (Å²) in [5.41, 5.74) is 5.21. The molecule has 0 spiro atoms. The Bertz CT molecular complexity index is 1230. The van der Waals surface area contributed by atoms with Gasteiger partial charge in [0.1, 0.15) is 5.75 Å². The van der Waals surface area contributed by atoms with Crippen LogP contribution < -0.4 is 5.01 Å². The summed E-state index contributed by atoms with van der Waals surface area (Å²) >= 11 is 0. The first-order valence-electron chi connectivity index (χ1n) is 11.9. The van der Waals surface area contributed by atoms with Crippen LogP contribution in [0, 0.1) is 10.1 Å². The van der Waals surface area contributed by atoms with Gasteiger partial charge in [-0.25, -0.2) is 0 Å². The molecule has 0 saturated heterocycles. The molecule has 0 bridgehead atoms. The molecule has 0 amide bonds. The maximum absolute atomic E-state index is 11.2. The van der Waals surface area contributed by atoms with Crippen LogP contribution in [0.15, 0.2) is 71.8 Å². The van der Waals surface area contributed by atoms with Crippen LogP contribution in [-0.2, 0) is 10.8 Å². The predicted octanol–water partition coefficient (Wildman–Crippen LogP) is 7.25. The first-order valence-corrected chi connectivity index (χ1v) is 11.9. The average Bonchev–Trinajstić information content (AvgIpc) is 3.24. The number of para-hydroxylation sites is 1. The summed E-state index contributed by atoms with van der Waals surface area (Å²) in [4.78, 5) is 10.7. The van der Waals surface area contributed by atoms with Crippen LogP contribution in [-0.4, -0.2) is 15.7 Å². The van der Waals surface area contributed by atoms with Gasteiger partial charge >= 0.3 is 0 Å². The largest absolute Gasteiger partial charge is 0.507 e. The molecule has 6 nitrogen and oxygen atoms in total. The van der Waals surface area contributed by atoms with Gasteiger partial charge in [-0.1, -0.05) is 59.7 Å². The third-order valence-corrected chi connectivity index (χ3v) is 6.48. The molecular weight excluding hydrogens is 438 g/mol. The van der Waals surface area contributed by atoms with Crippen molar-refractivity contribution in [1.29, 1.82) is 0 Å². The molecule has 182 valence electrons. The van der Waals surface area contributed by atoms with Gasteiger partial charge in [0.05, 0.1) is 22.4 Å².